The molecule has 1 amide bonds. The molecular weight excluding hydrogens is 468 g/mol. The minimum Gasteiger partial charge on any atom is -0.393 e. The second kappa shape index (κ2) is 8.29. The first kappa shape index (κ1) is 22.2. The number of amides is 1. The molecule has 2 aromatic rings. The van der Waals surface area contributed by atoms with Crippen LogP contribution in [0.15, 0.2) is 34.6 Å². The van der Waals surface area contributed by atoms with Gasteiger partial charge in [-0.2, -0.15) is 4.40 Å². The van der Waals surface area contributed by atoms with Gasteiger partial charge in [-0.25, -0.2) is 4.57 Å². The third-order valence-electron chi connectivity index (χ3n) is 6.64. The molecule has 2 N–H and O–H groups in total. The van der Waals surface area contributed by atoms with Gasteiger partial charge >= 0.3 is 0 Å². The number of carbonyl (C=O) groups excluding carboxylic acids is 2. The van der Waals surface area contributed by atoms with Crippen molar-refractivity contribution >= 4 is 56.8 Å². The van der Waals surface area contributed by atoms with Gasteiger partial charge in [-0.3, -0.25) is 9.59 Å². The molecule has 2 fully saturated rings. The van der Waals surface area contributed by atoms with E-state index in [1.165, 1.54) is 9.73 Å². The van der Waals surface area contributed by atoms with Crippen molar-refractivity contribution in [3.05, 3.63) is 40.3 Å². The second-order valence-corrected chi connectivity index (χ2v) is 11.4. The van der Waals surface area contributed by atoms with E-state index in [0.29, 0.717) is 5.70 Å². The number of aliphatic hydroxyl groups excluding tert-OH is 1. The van der Waals surface area contributed by atoms with Crippen molar-refractivity contribution in [3.8, 4) is 0 Å². The molecule has 0 spiro atoms. The van der Waals surface area contributed by atoms with Crippen molar-refractivity contribution in [2.75, 3.05) is 6.54 Å². The molecule has 7 nitrogen and oxygen atoms in total. The number of fused-ring (bicyclic) bond motifs is 2. The molecule has 0 aromatic carbocycles. The van der Waals surface area contributed by atoms with Crippen LogP contribution in [-0.4, -0.2) is 55.5 Å². The molecule has 0 bridgehead atoms. The molecule has 5 heterocycles. The maximum absolute atomic E-state index is 12.6. The summed E-state index contributed by atoms with van der Waals surface area (Å²) in [5.41, 5.74) is 1.47. The van der Waals surface area contributed by atoms with E-state index >= 15 is 0 Å². The van der Waals surface area contributed by atoms with Crippen molar-refractivity contribution in [3.63, 3.8) is 0 Å². The van der Waals surface area contributed by atoms with Crippen molar-refractivity contribution in [1.82, 2.24) is 14.6 Å². The van der Waals surface area contributed by atoms with Gasteiger partial charge in [-0.1, -0.05) is 24.3 Å². The molecule has 32 heavy (non-hydrogen) atoms. The fourth-order valence-corrected chi connectivity index (χ4v) is 7.79. The van der Waals surface area contributed by atoms with Crippen LogP contribution in [0, 0.1) is 11.8 Å². The number of aliphatic hydroxyl groups is 1. The Balaban J connectivity index is 1.29. The summed E-state index contributed by atoms with van der Waals surface area (Å²) in [6.45, 7) is 4.47. The Morgan fingerprint density at radius 3 is 3.00 bits per heavy atom. The minimum atomic E-state index is -0.740. The number of thiazole rings is 1. The van der Waals surface area contributed by atoms with Crippen LogP contribution in [-0.2, 0) is 16.6 Å². The van der Waals surface area contributed by atoms with Crippen LogP contribution in [0.25, 0.3) is 10.9 Å². The molecule has 0 radical (unpaired) electrons. The van der Waals surface area contributed by atoms with Crippen molar-refractivity contribution in [2.24, 2.45) is 18.9 Å². The van der Waals surface area contributed by atoms with Gasteiger partial charge in [0.2, 0.25) is 17.1 Å². The van der Waals surface area contributed by atoms with Crippen molar-refractivity contribution in [2.45, 2.75) is 43.7 Å². The van der Waals surface area contributed by atoms with Gasteiger partial charge in [-0.05, 0) is 31.0 Å². The average Bonchev–Trinajstić information content (AvgIpc) is 3.45. The molecular formula is C22H26ClN4O3S2+. The monoisotopic (exact) mass is 493 g/mol. The summed E-state index contributed by atoms with van der Waals surface area (Å²) in [4.78, 5) is 28.4. The highest BCUT2D eigenvalue weighted by molar-refractivity contribution is 8.03. The summed E-state index contributed by atoms with van der Waals surface area (Å²) in [6.07, 6.45) is 8.70. The van der Waals surface area contributed by atoms with Gasteiger partial charge in [0.25, 0.3) is 5.24 Å². The summed E-state index contributed by atoms with van der Waals surface area (Å²) < 4.78 is 4.22. The van der Waals surface area contributed by atoms with Crippen molar-refractivity contribution < 1.29 is 19.3 Å². The Kier molecular flexibility index (Phi) is 5.74. The highest BCUT2D eigenvalue weighted by atomic mass is 35.5. The summed E-state index contributed by atoms with van der Waals surface area (Å²) in [7, 11) is 2.02. The maximum Gasteiger partial charge on any atom is 0.269 e. The lowest BCUT2D eigenvalue weighted by Crippen LogP contribution is -2.63. The highest BCUT2D eigenvalue weighted by Gasteiger charge is 2.59. The molecule has 0 aliphatic carbocycles. The van der Waals surface area contributed by atoms with Gasteiger partial charge in [0.05, 0.1) is 25.1 Å². The number of nitrogens with zero attached hydrogens (tertiary/aromatic N) is 3. The van der Waals surface area contributed by atoms with E-state index in [1.54, 1.807) is 30.0 Å². The van der Waals surface area contributed by atoms with Gasteiger partial charge in [-0.15, -0.1) is 11.8 Å². The van der Waals surface area contributed by atoms with E-state index in [2.05, 4.69) is 39.8 Å². The van der Waals surface area contributed by atoms with Crippen LogP contribution in [0.1, 0.15) is 26.0 Å². The van der Waals surface area contributed by atoms with Gasteiger partial charge in [0.15, 0.2) is 0 Å². The summed E-state index contributed by atoms with van der Waals surface area (Å²) in [6, 6.07) is 0.0553. The molecule has 2 saturated heterocycles. The number of hydrogen-bond donors (Lipinski definition) is 2. The second-order valence-electron chi connectivity index (χ2n) is 8.87. The number of halogens is 1. The van der Waals surface area contributed by atoms with Crippen LogP contribution in [0.5, 0.6) is 0 Å². The predicted molar refractivity (Wildman–Crippen MR) is 126 cm³/mol. The molecule has 3 aliphatic rings. The molecule has 10 heteroatoms. The van der Waals surface area contributed by atoms with E-state index in [0.717, 1.165) is 23.6 Å². The highest BCUT2D eigenvalue weighted by Crippen LogP contribution is 2.52. The molecule has 5 rings (SSSR count). The number of allylic oxidation sites excluding steroid dienone is 1. The fraction of sp³-hybridized carbons (Fsp3) is 0.500. The third kappa shape index (κ3) is 3.54. The summed E-state index contributed by atoms with van der Waals surface area (Å²) in [5.74, 6) is -0.690. The smallest absolute Gasteiger partial charge is 0.269 e. The molecule has 6 atom stereocenters. The zero-order valence-corrected chi connectivity index (χ0v) is 20.5. The number of β-lactam (4-membered cyclic amide) rings is 1. The van der Waals surface area contributed by atoms with E-state index in [-0.39, 0.29) is 29.2 Å². The fourth-order valence-electron chi connectivity index (χ4n) is 5.11. The lowest BCUT2D eigenvalue weighted by molar-refractivity contribution is -0.669. The number of nitrogens with one attached hydrogen (secondary N) is 1. The van der Waals surface area contributed by atoms with Gasteiger partial charge in [0.1, 0.15) is 17.6 Å². The largest absolute Gasteiger partial charge is 0.393 e. The van der Waals surface area contributed by atoms with Crippen LogP contribution in [0.3, 0.4) is 0 Å². The van der Waals surface area contributed by atoms with E-state index in [9.17, 15) is 14.7 Å². The van der Waals surface area contributed by atoms with E-state index < -0.39 is 17.3 Å². The topological polar surface area (TPSA) is 77.9 Å². The number of imidazole rings is 1. The van der Waals surface area contributed by atoms with Crippen LogP contribution < -0.4 is 9.88 Å². The molecule has 0 saturated carbocycles. The average molecular weight is 494 g/mol. The van der Waals surface area contributed by atoms with Crippen molar-refractivity contribution in [1.29, 1.82) is 0 Å². The first-order valence-corrected chi connectivity index (χ1v) is 12.9. The SMILES string of the molecule is C[C@@H](O)[C@H]1C(=O)N2C(C(=O)Cl)=C(S[C@@H]3CN[C@H](/C=C/c4csc5c[n+](C)cn45)C3)[C@H](C)[C@H]12. The third-order valence-corrected chi connectivity index (χ3v) is 9.23. The number of aryl methyl sites for hydroxylation is 1. The molecule has 3 aliphatic heterocycles. The Morgan fingerprint density at radius 1 is 1.50 bits per heavy atom. The standard InChI is InChI=1S/C22H26ClN4O3S2/c1-11-18-17(12(2)28)22(30)27(18)19(21(23)29)20(11)32-15-6-13(24-7-15)4-5-14-9-31-16-8-25(3)10-26(14)16/h4-5,8-13,15,17-18,24,28H,6-7H2,1-3H3/q+1/b5-4+/t11-,12-,13-,15+,17-,18-/m1/s1. The lowest BCUT2D eigenvalue weighted by Gasteiger charge is -2.46. The van der Waals surface area contributed by atoms with E-state index in [1.807, 2.05) is 18.5 Å². The van der Waals surface area contributed by atoms with Crippen LogP contribution >= 0.6 is 34.7 Å². The lowest BCUT2D eigenvalue weighted by atomic mass is 9.79. The maximum atomic E-state index is 12.6. The Hall–Kier alpha value is -1.65. The first-order valence-electron chi connectivity index (χ1n) is 10.7. The number of aromatic nitrogens is 2. The number of carbonyl (C=O) groups is 2. The Bertz CT molecular complexity index is 1150. The molecule has 0 unspecified atom stereocenters. The summed E-state index contributed by atoms with van der Waals surface area (Å²) in [5, 5.41) is 15.4. The van der Waals surface area contributed by atoms with Gasteiger partial charge < -0.3 is 15.3 Å². The summed E-state index contributed by atoms with van der Waals surface area (Å²) >= 11 is 9.27. The van der Waals surface area contributed by atoms with Crippen LogP contribution in [0.2, 0.25) is 0 Å². The number of rotatable bonds is 6. The molecule has 2 aromatic heterocycles. The van der Waals surface area contributed by atoms with Crippen LogP contribution in [0.4, 0.5) is 0 Å². The quantitative estimate of drug-likeness (QED) is 0.366. The van der Waals surface area contributed by atoms with E-state index in [4.69, 9.17) is 11.6 Å². The predicted octanol–water partition coefficient (Wildman–Crippen LogP) is 2.14. The normalized spacial score (nSPS) is 31.1. The first-order chi connectivity index (χ1) is 15.3. The number of thioether (sulfide) groups is 1. The number of hydrogen-bond acceptors (Lipinski definition) is 6. The minimum absolute atomic E-state index is 0.0156. The Morgan fingerprint density at radius 2 is 2.28 bits per heavy atom. The zero-order chi connectivity index (χ0) is 22.7. The van der Waals surface area contributed by atoms with Gasteiger partial charge in [0, 0.05) is 34.0 Å². The molecule has 170 valence electrons. The Labute approximate surface area is 199 Å². The zero-order valence-electron chi connectivity index (χ0n) is 18.1.